The highest BCUT2D eigenvalue weighted by molar-refractivity contribution is 7.12. The van der Waals surface area contributed by atoms with Crippen LogP contribution >= 0.6 is 11.3 Å². The zero-order valence-electron chi connectivity index (χ0n) is 11.4. The van der Waals surface area contributed by atoms with Gasteiger partial charge in [0.25, 0.3) is 0 Å². The van der Waals surface area contributed by atoms with Gasteiger partial charge in [0.15, 0.2) is 0 Å². The van der Waals surface area contributed by atoms with Crippen LogP contribution in [0.3, 0.4) is 0 Å². The van der Waals surface area contributed by atoms with Crippen LogP contribution in [-0.2, 0) is 11.2 Å². The van der Waals surface area contributed by atoms with Crippen LogP contribution in [-0.4, -0.2) is 29.9 Å². The summed E-state index contributed by atoms with van der Waals surface area (Å²) in [7, 11) is 3.33. The average molecular weight is 296 g/mol. The molecule has 0 aliphatic carbocycles. The highest BCUT2D eigenvalue weighted by atomic mass is 32.1. The lowest BCUT2D eigenvalue weighted by atomic mass is 10.1. The third-order valence-corrected chi connectivity index (χ3v) is 3.80. The van der Waals surface area contributed by atoms with E-state index < -0.39 is 11.6 Å². The molecule has 6 heteroatoms. The summed E-state index contributed by atoms with van der Waals surface area (Å²) in [5.74, 6) is -1.12. The maximum Gasteiger partial charge on any atom is 0.228 e. The Balaban J connectivity index is 2.36. The van der Waals surface area contributed by atoms with Crippen molar-refractivity contribution < 1.29 is 13.6 Å². The number of hydrogen-bond acceptors (Lipinski definition) is 3. The van der Waals surface area contributed by atoms with Crippen LogP contribution in [0.5, 0.6) is 0 Å². The number of carbonyl (C=O) groups is 1. The molecule has 1 heterocycles. The normalized spacial score (nSPS) is 10.7. The zero-order chi connectivity index (χ0) is 14.9. The van der Waals surface area contributed by atoms with Crippen LogP contribution in [0.15, 0.2) is 18.2 Å². The molecule has 1 amide bonds. The predicted molar refractivity (Wildman–Crippen MR) is 74.6 cm³/mol. The summed E-state index contributed by atoms with van der Waals surface area (Å²) in [6, 6.07) is 3.26. The quantitative estimate of drug-likeness (QED) is 0.872. The van der Waals surface area contributed by atoms with E-state index in [9.17, 15) is 13.6 Å². The van der Waals surface area contributed by atoms with Crippen LogP contribution in [0.2, 0.25) is 0 Å². The number of aromatic nitrogens is 1. The first-order chi connectivity index (χ1) is 9.38. The van der Waals surface area contributed by atoms with E-state index in [1.54, 1.807) is 21.0 Å². The third kappa shape index (κ3) is 3.01. The van der Waals surface area contributed by atoms with Crippen molar-refractivity contribution in [2.24, 2.45) is 0 Å². The first kappa shape index (κ1) is 14.6. The zero-order valence-corrected chi connectivity index (χ0v) is 12.2. The molecule has 0 bridgehead atoms. The fourth-order valence-corrected chi connectivity index (χ4v) is 2.68. The van der Waals surface area contributed by atoms with Gasteiger partial charge in [-0.25, -0.2) is 13.8 Å². The molecule has 2 rings (SSSR count). The molecule has 0 radical (unpaired) electrons. The Morgan fingerprint density at radius 2 is 2.05 bits per heavy atom. The van der Waals surface area contributed by atoms with Crippen LogP contribution < -0.4 is 0 Å². The van der Waals surface area contributed by atoms with E-state index >= 15 is 0 Å². The Labute approximate surface area is 119 Å². The number of benzene rings is 1. The minimum absolute atomic E-state index is 0.0787. The minimum Gasteiger partial charge on any atom is -0.348 e. The number of halogens is 2. The summed E-state index contributed by atoms with van der Waals surface area (Å²) in [4.78, 5) is 18.1. The Hall–Kier alpha value is -1.82. The van der Waals surface area contributed by atoms with Crippen molar-refractivity contribution in [3.63, 3.8) is 0 Å². The monoisotopic (exact) mass is 296 g/mol. The second-order valence-corrected chi connectivity index (χ2v) is 5.89. The van der Waals surface area contributed by atoms with Crippen LogP contribution in [0, 0.1) is 18.6 Å². The summed E-state index contributed by atoms with van der Waals surface area (Å²) in [5, 5.41) is 0.597. The lowest BCUT2D eigenvalue weighted by Gasteiger charge is -2.07. The molecule has 20 heavy (non-hydrogen) atoms. The summed E-state index contributed by atoms with van der Waals surface area (Å²) in [5.41, 5.74) is 0.524. The van der Waals surface area contributed by atoms with Gasteiger partial charge in [-0.05, 0) is 25.1 Å². The van der Waals surface area contributed by atoms with E-state index in [2.05, 4.69) is 4.98 Å². The Morgan fingerprint density at radius 1 is 1.35 bits per heavy atom. The molecule has 0 saturated carbocycles. The van der Waals surface area contributed by atoms with Crippen LogP contribution in [0.4, 0.5) is 8.78 Å². The molecule has 0 aliphatic rings. The van der Waals surface area contributed by atoms with Gasteiger partial charge in [0, 0.05) is 24.5 Å². The van der Waals surface area contributed by atoms with Crippen LogP contribution in [0.1, 0.15) is 9.88 Å². The van der Waals surface area contributed by atoms with Crippen molar-refractivity contribution in [3.05, 3.63) is 39.7 Å². The molecule has 1 aromatic heterocycles. The molecule has 0 saturated heterocycles. The fraction of sp³-hybridized carbons (Fsp3) is 0.286. The minimum atomic E-state index is -0.523. The molecular formula is C14H14F2N2OS. The van der Waals surface area contributed by atoms with E-state index in [1.807, 2.05) is 0 Å². The standard InChI is InChI=1S/C14H14F2N2OS/c1-8-14(10-6-9(15)4-5-11(10)16)17-12(20-8)7-13(19)18(2)3/h4-6H,7H2,1-3H3. The Bertz CT molecular complexity index is 653. The van der Waals surface area contributed by atoms with Crippen LogP contribution in [0.25, 0.3) is 11.3 Å². The number of carbonyl (C=O) groups excluding carboxylic acids is 1. The van der Waals surface area contributed by atoms with E-state index in [0.29, 0.717) is 10.7 Å². The molecule has 0 atom stereocenters. The van der Waals surface area contributed by atoms with Gasteiger partial charge in [-0.1, -0.05) is 0 Å². The Kier molecular flexibility index (Phi) is 4.13. The van der Waals surface area contributed by atoms with Gasteiger partial charge in [0.2, 0.25) is 5.91 Å². The topological polar surface area (TPSA) is 33.2 Å². The van der Waals surface area contributed by atoms with E-state index in [1.165, 1.54) is 16.2 Å². The highest BCUT2D eigenvalue weighted by Crippen LogP contribution is 2.30. The average Bonchev–Trinajstić information content (AvgIpc) is 2.73. The van der Waals surface area contributed by atoms with Crippen molar-refractivity contribution in [1.29, 1.82) is 0 Å². The summed E-state index contributed by atoms with van der Waals surface area (Å²) in [6.07, 6.45) is 0.162. The number of aryl methyl sites for hydroxylation is 1. The third-order valence-electron chi connectivity index (χ3n) is 2.83. The van der Waals surface area contributed by atoms with Gasteiger partial charge in [-0.15, -0.1) is 11.3 Å². The maximum atomic E-state index is 13.8. The second kappa shape index (κ2) is 5.66. The SMILES string of the molecule is Cc1sc(CC(=O)N(C)C)nc1-c1cc(F)ccc1F. The predicted octanol–water partition coefficient (Wildman–Crippen LogP) is 3.03. The van der Waals surface area contributed by atoms with E-state index in [4.69, 9.17) is 0 Å². The summed E-state index contributed by atoms with van der Waals surface area (Å²) < 4.78 is 27.0. The first-order valence-corrected chi connectivity index (χ1v) is 6.82. The molecular weight excluding hydrogens is 282 g/mol. The van der Waals surface area contributed by atoms with Gasteiger partial charge < -0.3 is 4.90 Å². The molecule has 1 aromatic carbocycles. The first-order valence-electron chi connectivity index (χ1n) is 6.00. The molecule has 106 valence electrons. The van der Waals surface area contributed by atoms with Gasteiger partial charge >= 0.3 is 0 Å². The molecule has 3 nitrogen and oxygen atoms in total. The fourth-order valence-electron chi connectivity index (χ4n) is 1.74. The summed E-state index contributed by atoms with van der Waals surface area (Å²) >= 11 is 1.32. The second-order valence-electron chi connectivity index (χ2n) is 4.60. The molecule has 0 unspecified atom stereocenters. The number of rotatable bonds is 3. The molecule has 2 aromatic rings. The molecule has 0 fully saturated rings. The van der Waals surface area contributed by atoms with Gasteiger partial charge in [0.05, 0.1) is 12.1 Å². The van der Waals surface area contributed by atoms with Crippen molar-refractivity contribution >= 4 is 17.2 Å². The van der Waals surface area contributed by atoms with Crippen molar-refractivity contribution in [3.8, 4) is 11.3 Å². The highest BCUT2D eigenvalue weighted by Gasteiger charge is 2.16. The number of hydrogen-bond donors (Lipinski definition) is 0. The van der Waals surface area contributed by atoms with Crippen molar-refractivity contribution in [2.45, 2.75) is 13.3 Å². The lowest BCUT2D eigenvalue weighted by Crippen LogP contribution is -2.23. The van der Waals surface area contributed by atoms with Gasteiger partial charge in [-0.2, -0.15) is 0 Å². The van der Waals surface area contributed by atoms with E-state index in [0.717, 1.165) is 23.1 Å². The smallest absolute Gasteiger partial charge is 0.228 e. The van der Waals surface area contributed by atoms with Gasteiger partial charge in [0.1, 0.15) is 16.6 Å². The van der Waals surface area contributed by atoms with E-state index in [-0.39, 0.29) is 17.9 Å². The number of thiazole rings is 1. The van der Waals surface area contributed by atoms with Gasteiger partial charge in [-0.3, -0.25) is 4.79 Å². The maximum absolute atomic E-state index is 13.8. The lowest BCUT2D eigenvalue weighted by molar-refractivity contribution is -0.127. The van der Waals surface area contributed by atoms with Crippen molar-refractivity contribution in [1.82, 2.24) is 9.88 Å². The largest absolute Gasteiger partial charge is 0.348 e. The number of nitrogens with zero attached hydrogens (tertiary/aromatic N) is 2. The molecule has 0 N–H and O–H groups in total. The molecule has 0 aliphatic heterocycles. The van der Waals surface area contributed by atoms with Crippen molar-refractivity contribution in [2.75, 3.05) is 14.1 Å². The number of amides is 1. The Morgan fingerprint density at radius 3 is 2.70 bits per heavy atom. The molecule has 0 spiro atoms. The number of likely N-dealkylation sites (N-methyl/N-ethyl adjacent to an activating group) is 1. The summed E-state index contributed by atoms with van der Waals surface area (Å²) in [6.45, 7) is 1.78.